The lowest BCUT2D eigenvalue weighted by Gasteiger charge is -2.34. The van der Waals surface area contributed by atoms with Crippen molar-refractivity contribution in [1.82, 2.24) is 10.6 Å². The molecule has 2 rings (SSSR count). The van der Waals surface area contributed by atoms with Crippen LogP contribution < -0.4 is 16.4 Å². The second kappa shape index (κ2) is 5.04. The summed E-state index contributed by atoms with van der Waals surface area (Å²) in [7, 11) is 0. The minimum absolute atomic E-state index is 0.0416. The molecule has 4 nitrogen and oxygen atoms in total. The third-order valence-corrected chi connectivity index (χ3v) is 3.89. The van der Waals surface area contributed by atoms with Crippen LogP contribution in [0.25, 0.3) is 0 Å². The van der Waals surface area contributed by atoms with E-state index in [1.807, 2.05) is 0 Å². The summed E-state index contributed by atoms with van der Waals surface area (Å²) in [5.41, 5.74) is 6.08. The first-order valence-electron chi connectivity index (χ1n) is 6.51. The van der Waals surface area contributed by atoms with Crippen molar-refractivity contribution in [2.45, 2.75) is 62.9 Å². The van der Waals surface area contributed by atoms with Gasteiger partial charge in [-0.05, 0) is 32.1 Å². The highest BCUT2D eigenvalue weighted by Crippen LogP contribution is 2.25. The van der Waals surface area contributed by atoms with Gasteiger partial charge in [0.25, 0.3) is 0 Å². The maximum absolute atomic E-state index is 11.6. The fourth-order valence-corrected chi connectivity index (χ4v) is 2.48. The number of carbonyl (C=O) groups excluding carboxylic acids is 1. The monoisotopic (exact) mass is 225 g/mol. The molecule has 0 aromatic rings. The van der Waals surface area contributed by atoms with Crippen molar-refractivity contribution >= 4 is 6.03 Å². The van der Waals surface area contributed by atoms with Gasteiger partial charge >= 0.3 is 6.03 Å². The zero-order valence-corrected chi connectivity index (χ0v) is 9.93. The standard InChI is InChI=1S/C12H23N3O/c13-12(7-2-1-3-8-12)9-14-11(16)15-10-5-4-6-10/h10H,1-9,13H2,(H2,14,15,16). The van der Waals surface area contributed by atoms with Gasteiger partial charge in [-0.15, -0.1) is 0 Å². The summed E-state index contributed by atoms with van der Waals surface area (Å²) >= 11 is 0. The molecule has 0 saturated heterocycles. The number of hydrogen-bond acceptors (Lipinski definition) is 2. The Bertz CT molecular complexity index is 245. The van der Waals surface area contributed by atoms with Crippen molar-refractivity contribution in [1.29, 1.82) is 0 Å². The van der Waals surface area contributed by atoms with Crippen LogP contribution in [0.1, 0.15) is 51.4 Å². The second-order valence-electron chi connectivity index (χ2n) is 5.38. The molecule has 2 aliphatic carbocycles. The molecule has 92 valence electrons. The number of carbonyl (C=O) groups is 1. The molecule has 2 aliphatic rings. The Morgan fingerprint density at radius 2 is 1.88 bits per heavy atom. The molecule has 0 bridgehead atoms. The Morgan fingerprint density at radius 3 is 2.44 bits per heavy atom. The highest BCUT2D eigenvalue weighted by Gasteiger charge is 2.28. The van der Waals surface area contributed by atoms with Crippen LogP contribution in [0.2, 0.25) is 0 Å². The van der Waals surface area contributed by atoms with Gasteiger partial charge in [0, 0.05) is 18.1 Å². The van der Waals surface area contributed by atoms with E-state index in [2.05, 4.69) is 10.6 Å². The maximum atomic E-state index is 11.6. The van der Waals surface area contributed by atoms with Gasteiger partial charge in [-0.3, -0.25) is 0 Å². The van der Waals surface area contributed by atoms with Crippen LogP contribution in [0.3, 0.4) is 0 Å². The summed E-state index contributed by atoms with van der Waals surface area (Å²) in [6, 6.07) is 0.361. The summed E-state index contributed by atoms with van der Waals surface area (Å²) in [4.78, 5) is 11.6. The molecule has 2 amide bonds. The molecule has 0 spiro atoms. The number of hydrogen-bond donors (Lipinski definition) is 3. The van der Waals surface area contributed by atoms with Gasteiger partial charge in [-0.1, -0.05) is 19.3 Å². The average molecular weight is 225 g/mol. The summed E-state index contributed by atoms with van der Waals surface area (Å²) in [5.74, 6) is 0. The van der Waals surface area contributed by atoms with E-state index in [4.69, 9.17) is 5.73 Å². The fraction of sp³-hybridized carbons (Fsp3) is 0.917. The van der Waals surface area contributed by atoms with E-state index in [0.717, 1.165) is 25.7 Å². The Balaban J connectivity index is 1.66. The molecule has 0 unspecified atom stereocenters. The Labute approximate surface area is 97.3 Å². The van der Waals surface area contributed by atoms with Gasteiger partial charge in [0.15, 0.2) is 0 Å². The number of amides is 2. The van der Waals surface area contributed by atoms with E-state index in [1.165, 1.54) is 25.7 Å². The highest BCUT2D eigenvalue weighted by atomic mass is 16.2. The van der Waals surface area contributed by atoms with Gasteiger partial charge in [0.1, 0.15) is 0 Å². The summed E-state index contributed by atoms with van der Waals surface area (Å²) in [6.45, 7) is 0.617. The SMILES string of the molecule is NC1(CNC(=O)NC2CCC2)CCCCC1. The van der Waals surface area contributed by atoms with Crippen molar-refractivity contribution in [3.8, 4) is 0 Å². The topological polar surface area (TPSA) is 67.1 Å². The smallest absolute Gasteiger partial charge is 0.315 e. The normalized spacial score (nSPS) is 24.6. The lowest BCUT2D eigenvalue weighted by molar-refractivity contribution is 0.219. The third-order valence-electron chi connectivity index (χ3n) is 3.89. The van der Waals surface area contributed by atoms with Crippen molar-refractivity contribution in [3.63, 3.8) is 0 Å². The average Bonchev–Trinajstić information content (AvgIpc) is 2.22. The lowest BCUT2D eigenvalue weighted by atomic mass is 9.82. The number of rotatable bonds is 3. The predicted molar refractivity (Wildman–Crippen MR) is 64.2 cm³/mol. The van der Waals surface area contributed by atoms with E-state index in [-0.39, 0.29) is 11.6 Å². The van der Waals surface area contributed by atoms with Gasteiger partial charge in [0.05, 0.1) is 0 Å². The fourth-order valence-electron chi connectivity index (χ4n) is 2.48. The Kier molecular flexibility index (Phi) is 3.69. The zero-order chi connectivity index (χ0) is 11.4. The molecule has 2 fully saturated rings. The third kappa shape index (κ3) is 3.11. The first-order valence-corrected chi connectivity index (χ1v) is 6.51. The van der Waals surface area contributed by atoms with E-state index < -0.39 is 0 Å². The van der Waals surface area contributed by atoms with Gasteiger partial charge in [0.2, 0.25) is 0 Å². The van der Waals surface area contributed by atoms with Crippen molar-refractivity contribution in [3.05, 3.63) is 0 Å². The van der Waals surface area contributed by atoms with Gasteiger partial charge in [-0.2, -0.15) is 0 Å². The highest BCUT2D eigenvalue weighted by molar-refractivity contribution is 5.74. The van der Waals surface area contributed by atoms with Crippen LogP contribution in [-0.2, 0) is 0 Å². The lowest BCUT2D eigenvalue weighted by Crippen LogP contribution is -2.54. The molecule has 0 atom stereocenters. The molecular weight excluding hydrogens is 202 g/mol. The number of nitrogens with two attached hydrogens (primary N) is 1. The van der Waals surface area contributed by atoms with E-state index in [1.54, 1.807) is 0 Å². The molecule has 0 radical (unpaired) electrons. The molecule has 4 N–H and O–H groups in total. The number of nitrogens with one attached hydrogen (secondary N) is 2. The largest absolute Gasteiger partial charge is 0.336 e. The predicted octanol–water partition coefficient (Wildman–Crippen LogP) is 1.50. The van der Waals surface area contributed by atoms with E-state index >= 15 is 0 Å². The van der Waals surface area contributed by atoms with Crippen molar-refractivity contribution in [2.24, 2.45) is 5.73 Å². The quantitative estimate of drug-likeness (QED) is 0.681. The van der Waals surface area contributed by atoms with Crippen LogP contribution >= 0.6 is 0 Å². The van der Waals surface area contributed by atoms with Crippen LogP contribution in [0, 0.1) is 0 Å². The summed E-state index contributed by atoms with van der Waals surface area (Å²) in [5, 5.41) is 5.88. The van der Waals surface area contributed by atoms with Crippen LogP contribution in [0.4, 0.5) is 4.79 Å². The molecule has 0 aromatic heterocycles. The first kappa shape index (κ1) is 11.7. The molecule has 4 heteroatoms. The molecule has 0 aliphatic heterocycles. The first-order chi connectivity index (χ1) is 7.68. The molecule has 2 saturated carbocycles. The van der Waals surface area contributed by atoms with Crippen LogP contribution in [-0.4, -0.2) is 24.2 Å². The van der Waals surface area contributed by atoms with Gasteiger partial charge < -0.3 is 16.4 Å². The Morgan fingerprint density at radius 1 is 1.19 bits per heavy atom. The van der Waals surface area contributed by atoms with E-state index in [0.29, 0.717) is 12.6 Å². The second-order valence-corrected chi connectivity index (χ2v) is 5.38. The maximum Gasteiger partial charge on any atom is 0.315 e. The van der Waals surface area contributed by atoms with Crippen molar-refractivity contribution in [2.75, 3.05) is 6.54 Å². The number of urea groups is 1. The molecule has 0 aromatic carbocycles. The van der Waals surface area contributed by atoms with Crippen LogP contribution in [0.5, 0.6) is 0 Å². The van der Waals surface area contributed by atoms with Crippen molar-refractivity contribution < 1.29 is 4.79 Å². The molecular formula is C12H23N3O. The Hall–Kier alpha value is -0.770. The summed E-state index contributed by atoms with van der Waals surface area (Å²) < 4.78 is 0. The zero-order valence-electron chi connectivity index (χ0n) is 9.93. The minimum atomic E-state index is -0.158. The van der Waals surface area contributed by atoms with Crippen LogP contribution in [0.15, 0.2) is 0 Å². The molecule has 0 heterocycles. The minimum Gasteiger partial charge on any atom is -0.336 e. The van der Waals surface area contributed by atoms with Gasteiger partial charge in [-0.25, -0.2) is 4.79 Å². The van der Waals surface area contributed by atoms with E-state index in [9.17, 15) is 4.79 Å². The molecule has 16 heavy (non-hydrogen) atoms. The summed E-state index contributed by atoms with van der Waals surface area (Å²) in [6.07, 6.45) is 9.25.